The number of rotatable bonds is 6. The summed E-state index contributed by atoms with van der Waals surface area (Å²) < 4.78 is 28.7. The maximum absolute atomic E-state index is 14.4. The number of ether oxygens (including phenoxy) is 5. The maximum Gasteiger partial charge on any atom is 0.329 e. The van der Waals surface area contributed by atoms with Crippen LogP contribution in [-0.2, 0) is 47.7 Å². The molecule has 0 spiro atoms. The highest BCUT2D eigenvalue weighted by molar-refractivity contribution is 6.39. The average molecular weight is 932 g/mol. The van der Waals surface area contributed by atoms with Gasteiger partial charge in [-0.2, -0.15) is 0 Å². The smallest absolute Gasteiger partial charge is 0.329 e. The molecule has 2 bridgehead atoms. The van der Waals surface area contributed by atoms with Crippen molar-refractivity contribution in [3.05, 3.63) is 47.6 Å². The molecule has 1 aliphatic carbocycles. The number of hydrogen-bond acceptors (Lipinski definition) is 15. The molecule has 66 heavy (non-hydrogen) atoms. The number of nitrogens with zero attached hydrogens (tertiary/aromatic N) is 1. The van der Waals surface area contributed by atoms with Crippen molar-refractivity contribution in [1.29, 1.82) is 0 Å². The predicted molar refractivity (Wildman–Crippen MR) is 243 cm³/mol. The van der Waals surface area contributed by atoms with E-state index < -0.39 is 95.4 Å². The first-order chi connectivity index (χ1) is 31.1. The molecule has 16 nitrogen and oxygen atoms in total. The van der Waals surface area contributed by atoms with E-state index in [-0.39, 0.29) is 74.4 Å². The van der Waals surface area contributed by atoms with Gasteiger partial charge in [0.25, 0.3) is 11.7 Å². The van der Waals surface area contributed by atoms with Gasteiger partial charge in [-0.25, -0.2) is 4.79 Å². The molecule has 0 aromatic rings. The Balaban J connectivity index is 1.72. The minimum atomic E-state index is -2.73. The zero-order chi connectivity index (χ0) is 49.1. The van der Waals surface area contributed by atoms with Gasteiger partial charge in [-0.3, -0.25) is 19.2 Å². The lowest BCUT2D eigenvalue weighted by molar-refractivity contribution is -0.360. The highest BCUT2D eigenvalue weighted by Gasteiger charge is 2.57. The van der Waals surface area contributed by atoms with Crippen LogP contribution in [0.3, 0.4) is 0 Å². The van der Waals surface area contributed by atoms with Gasteiger partial charge in [0, 0.05) is 59.0 Å². The van der Waals surface area contributed by atoms with Crippen LogP contribution >= 0.6 is 0 Å². The molecule has 3 fully saturated rings. The van der Waals surface area contributed by atoms with Gasteiger partial charge in [0.05, 0.1) is 18.3 Å². The number of aliphatic hydroxyl groups excluding tert-OH is 3. The summed E-state index contributed by atoms with van der Waals surface area (Å²) in [4.78, 5) is 71.4. The largest absolute Gasteiger partial charge is 0.460 e. The van der Waals surface area contributed by atoms with E-state index in [0.717, 1.165) is 4.90 Å². The fourth-order valence-electron chi connectivity index (χ4n) is 9.82. The summed E-state index contributed by atoms with van der Waals surface area (Å²) >= 11 is 0. The Labute approximate surface area is 390 Å². The number of piperidine rings is 1. The third-order valence-corrected chi connectivity index (χ3v) is 14.3. The number of carbonyl (C=O) groups is 5. The second kappa shape index (κ2) is 24.7. The van der Waals surface area contributed by atoms with Gasteiger partial charge in [-0.15, -0.1) is 0 Å². The fraction of sp³-hybridized carbons (Fsp3) is 0.740. The van der Waals surface area contributed by atoms with Crippen LogP contribution in [0.5, 0.6) is 0 Å². The number of aliphatic hydroxyl groups is 5. The Hall–Kier alpha value is -3.45. The van der Waals surface area contributed by atoms with Crippen molar-refractivity contribution in [2.45, 2.75) is 179 Å². The molecule has 2 saturated heterocycles. The molecule has 5 N–H and O–H groups in total. The van der Waals surface area contributed by atoms with Gasteiger partial charge in [0.1, 0.15) is 36.2 Å². The third kappa shape index (κ3) is 14.1. The van der Waals surface area contributed by atoms with Crippen molar-refractivity contribution < 1.29 is 73.2 Å². The first-order valence-corrected chi connectivity index (χ1v) is 23.7. The minimum Gasteiger partial charge on any atom is -0.460 e. The summed E-state index contributed by atoms with van der Waals surface area (Å²) in [6.45, 7) is 10.2. The van der Waals surface area contributed by atoms with Crippen LogP contribution in [0, 0.1) is 29.6 Å². The number of Topliss-reactive ketones (excluding diaryl/α,β-unsaturated/α-hetero) is 3. The number of fused-ring (bicyclic) bond motifs is 3. The van der Waals surface area contributed by atoms with Gasteiger partial charge in [0.2, 0.25) is 5.79 Å². The highest BCUT2D eigenvalue weighted by atomic mass is 16.7. The molecule has 1 saturated carbocycles. The molecule has 16 heteroatoms. The SMILES string of the molecule is CO[C@H]1CC2(O)CC[C@@H](C)[C@@](O)(O2)C(=O)C(=O)N2CCCC[C@H]2C(=O)O[C@H]([C@H](C)C[C@@H]2CC[C@@H](O)[C@H](OC)C2)CC(=O)[C@H](C)/C=C(\C)[C@@H](O)[C@@H](OC)C(=O)C(O)C[C@H](C)/C=C/C=C/C=C/1C. The van der Waals surface area contributed by atoms with Crippen molar-refractivity contribution in [1.82, 2.24) is 4.90 Å². The van der Waals surface area contributed by atoms with Crippen LogP contribution in [0.25, 0.3) is 0 Å². The van der Waals surface area contributed by atoms with Crippen LogP contribution in [0.4, 0.5) is 0 Å². The van der Waals surface area contributed by atoms with Crippen LogP contribution < -0.4 is 0 Å². The molecule has 1 amide bonds. The monoisotopic (exact) mass is 932 g/mol. The molecule has 3 aliphatic heterocycles. The second-order valence-corrected chi connectivity index (χ2v) is 19.4. The Morgan fingerprint density at radius 2 is 1.58 bits per heavy atom. The topological polar surface area (TPSA) is 236 Å². The highest BCUT2D eigenvalue weighted by Crippen LogP contribution is 2.41. The minimum absolute atomic E-state index is 0.00378. The lowest BCUT2D eigenvalue weighted by atomic mass is 9.78. The number of amides is 1. The molecule has 2 unspecified atom stereocenters. The van der Waals surface area contributed by atoms with Gasteiger partial charge >= 0.3 is 5.97 Å². The number of allylic oxidation sites excluding steroid dienone is 6. The van der Waals surface area contributed by atoms with E-state index >= 15 is 0 Å². The Kier molecular flexibility index (Phi) is 20.7. The number of cyclic esters (lactones) is 1. The summed E-state index contributed by atoms with van der Waals surface area (Å²) in [6.07, 6.45) is 6.33. The van der Waals surface area contributed by atoms with Crippen molar-refractivity contribution >= 4 is 29.2 Å². The van der Waals surface area contributed by atoms with E-state index in [2.05, 4.69) is 0 Å². The first kappa shape index (κ1) is 55.1. The number of ketones is 3. The quantitative estimate of drug-likeness (QED) is 0.143. The summed E-state index contributed by atoms with van der Waals surface area (Å²) in [5, 5.41) is 56.4. The van der Waals surface area contributed by atoms with Crippen molar-refractivity contribution in [2.24, 2.45) is 29.6 Å². The Morgan fingerprint density at radius 3 is 2.24 bits per heavy atom. The van der Waals surface area contributed by atoms with Crippen molar-refractivity contribution in [2.75, 3.05) is 27.9 Å². The molecule has 0 aromatic heterocycles. The normalized spacial score (nSPS) is 41.1. The molecule has 0 radical (unpaired) electrons. The number of hydrogen-bond donors (Lipinski definition) is 5. The first-order valence-electron chi connectivity index (χ1n) is 23.7. The molecule has 4 rings (SSSR count). The number of esters is 1. The van der Waals surface area contributed by atoms with Crippen molar-refractivity contribution in [3.63, 3.8) is 0 Å². The van der Waals surface area contributed by atoms with E-state index in [1.165, 1.54) is 20.3 Å². The van der Waals surface area contributed by atoms with E-state index in [1.807, 2.05) is 13.8 Å². The molecular formula is C50H77NO15. The lowest BCUT2D eigenvalue weighted by Crippen LogP contribution is -2.63. The summed E-state index contributed by atoms with van der Waals surface area (Å²) in [5.74, 6) is -11.5. The van der Waals surface area contributed by atoms with Gasteiger partial charge in [-0.05, 0) is 101 Å². The zero-order valence-corrected chi connectivity index (χ0v) is 40.4. The molecular weight excluding hydrogens is 855 g/mol. The van der Waals surface area contributed by atoms with Crippen LogP contribution in [-0.4, -0.2) is 148 Å². The van der Waals surface area contributed by atoms with Crippen LogP contribution in [0.1, 0.15) is 119 Å². The molecule has 15 atom stereocenters. The Morgan fingerprint density at radius 1 is 0.864 bits per heavy atom. The van der Waals surface area contributed by atoms with Crippen LogP contribution in [0.15, 0.2) is 47.6 Å². The Bertz CT molecular complexity index is 1810. The molecule has 3 heterocycles. The van der Waals surface area contributed by atoms with Gasteiger partial charge < -0.3 is 54.1 Å². The van der Waals surface area contributed by atoms with E-state index in [1.54, 1.807) is 65.2 Å². The molecule has 0 aromatic carbocycles. The number of methoxy groups -OCH3 is 3. The van der Waals surface area contributed by atoms with E-state index in [9.17, 15) is 49.5 Å². The van der Waals surface area contributed by atoms with E-state index in [4.69, 9.17) is 23.7 Å². The summed E-state index contributed by atoms with van der Waals surface area (Å²) in [7, 11) is 4.24. The third-order valence-electron chi connectivity index (χ3n) is 14.3. The molecule has 372 valence electrons. The predicted octanol–water partition coefficient (Wildman–Crippen LogP) is 4.23. The lowest BCUT2D eigenvalue weighted by Gasteiger charge is -2.46. The van der Waals surface area contributed by atoms with Crippen molar-refractivity contribution in [3.8, 4) is 0 Å². The standard InChI is InChI=1S/C50H77NO15/c1-29-15-11-10-12-16-30(2)42(63-8)28-49(60)21-20-34(6)50(61,66-49)46(57)47(58)51-22-14-13-17-36(51)48(59)65-40(32(4)25-35-18-19-37(52)41(26-35)62-7)27-38(53)31(3)24-33(5)43(55)45(64-9)44(56)39(54)23-29/h10-12,15-16,24,29,31-32,34-37,39-43,45,52,54-55,60-61H,13-14,17-23,25-28H2,1-9H3/b12-10+,15-11+,30-16+,33-24+/t29-,31-,32-,34-,35+,36+,37-,39?,40+,41-,42+,43-,45-,49?,50-/m1/s1. The summed E-state index contributed by atoms with van der Waals surface area (Å²) in [5.41, 5.74) is 0.931. The maximum atomic E-state index is 14.4. The average Bonchev–Trinajstić information content (AvgIpc) is 3.28. The van der Waals surface area contributed by atoms with Gasteiger partial charge in [-0.1, -0.05) is 64.2 Å². The van der Waals surface area contributed by atoms with Gasteiger partial charge in [0.15, 0.2) is 11.6 Å². The molecule has 4 aliphatic rings. The second-order valence-electron chi connectivity index (χ2n) is 19.4. The van der Waals surface area contributed by atoms with E-state index in [0.29, 0.717) is 44.1 Å². The summed E-state index contributed by atoms with van der Waals surface area (Å²) in [6, 6.07) is -1.23. The fourth-order valence-corrected chi connectivity index (χ4v) is 9.82. The number of carbonyl (C=O) groups excluding carboxylic acids is 5. The zero-order valence-electron chi connectivity index (χ0n) is 40.4. The van der Waals surface area contributed by atoms with Crippen LogP contribution in [0.2, 0.25) is 0 Å².